The van der Waals surface area contributed by atoms with Crippen LogP contribution in [-0.2, 0) is 16.1 Å². The van der Waals surface area contributed by atoms with Crippen LogP contribution in [0.3, 0.4) is 0 Å². The lowest BCUT2D eigenvalue weighted by Crippen LogP contribution is -2.31. The number of nitrogens with zero attached hydrogens (tertiary/aromatic N) is 1. The molecule has 0 atom stereocenters. The van der Waals surface area contributed by atoms with E-state index in [4.69, 9.17) is 23.7 Å². The van der Waals surface area contributed by atoms with Crippen molar-refractivity contribution in [2.24, 2.45) is 0 Å². The molecule has 0 aliphatic carbocycles. The van der Waals surface area contributed by atoms with Gasteiger partial charge in [-0.25, -0.2) is 0 Å². The second-order valence-corrected chi connectivity index (χ2v) is 9.02. The summed E-state index contributed by atoms with van der Waals surface area (Å²) in [5.41, 5.74) is 2.58. The van der Waals surface area contributed by atoms with Crippen molar-refractivity contribution in [3.05, 3.63) is 71.8 Å². The molecular weight excluding hydrogens is 482 g/mol. The Bertz CT molecular complexity index is 1450. The second-order valence-electron chi connectivity index (χ2n) is 9.02. The highest BCUT2D eigenvalue weighted by Gasteiger charge is 2.32. The topological polar surface area (TPSA) is 66.5 Å². The van der Waals surface area contributed by atoms with Gasteiger partial charge in [0.1, 0.15) is 6.61 Å². The molecule has 1 amide bonds. The van der Waals surface area contributed by atoms with E-state index in [0.717, 1.165) is 32.8 Å². The molecule has 1 aliphatic heterocycles. The number of carbonyl (C=O) groups excluding carboxylic acids is 1. The molecule has 38 heavy (non-hydrogen) atoms. The van der Waals surface area contributed by atoms with E-state index in [0.29, 0.717) is 55.6 Å². The zero-order valence-electron chi connectivity index (χ0n) is 22.3. The van der Waals surface area contributed by atoms with Gasteiger partial charge in [0.15, 0.2) is 17.8 Å². The molecule has 198 valence electrons. The normalized spacial score (nSPS) is 12.7. The number of anilines is 1. The third-order valence-corrected chi connectivity index (χ3v) is 6.82. The standard InChI is InChI=1S/C31H33NO6/c1-5-36-26(37-6-2)15-16-32-24-17-21-18-25(34-3)29(38-19-20-11-8-7-9-12-20)30(35-4)27(21)22-13-10-14-23(28(22)24)31(32)33/h7-14,17-18,26H,5-6,15-16,19H2,1-4H3. The van der Waals surface area contributed by atoms with Crippen LogP contribution in [0.15, 0.2) is 60.7 Å². The van der Waals surface area contributed by atoms with Crippen molar-refractivity contribution in [3.63, 3.8) is 0 Å². The maximum atomic E-state index is 13.6. The summed E-state index contributed by atoms with van der Waals surface area (Å²) >= 11 is 0. The van der Waals surface area contributed by atoms with Gasteiger partial charge in [-0.3, -0.25) is 4.79 Å². The summed E-state index contributed by atoms with van der Waals surface area (Å²) in [7, 11) is 3.25. The predicted molar refractivity (Wildman–Crippen MR) is 149 cm³/mol. The van der Waals surface area contributed by atoms with Crippen LogP contribution in [0, 0.1) is 0 Å². The Morgan fingerprint density at radius 3 is 2.29 bits per heavy atom. The van der Waals surface area contributed by atoms with Gasteiger partial charge >= 0.3 is 0 Å². The van der Waals surface area contributed by atoms with Crippen LogP contribution in [0.5, 0.6) is 17.2 Å². The molecular formula is C31H33NO6. The fourth-order valence-corrected chi connectivity index (χ4v) is 5.18. The Kier molecular flexibility index (Phi) is 7.67. The zero-order valence-corrected chi connectivity index (χ0v) is 22.3. The molecule has 0 N–H and O–H groups in total. The minimum absolute atomic E-state index is 0.0286. The maximum absolute atomic E-state index is 13.6. The Morgan fingerprint density at radius 1 is 0.842 bits per heavy atom. The Balaban J connectivity index is 1.61. The fraction of sp³-hybridized carbons (Fsp3) is 0.323. The highest BCUT2D eigenvalue weighted by molar-refractivity contribution is 6.30. The molecule has 7 heteroatoms. The molecule has 0 spiro atoms. The number of rotatable bonds is 12. The summed E-state index contributed by atoms with van der Waals surface area (Å²) in [4.78, 5) is 15.4. The number of hydrogen-bond donors (Lipinski definition) is 0. The first-order valence-electron chi connectivity index (χ1n) is 13.0. The Labute approximate surface area is 222 Å². The molecule has 5 rings (SSSR count). The van der Waals surface area contributed by atoms with E-state index < -0.39 is 0 Å². The fourth-order valence-electron chi connectivity index (χ4n) is 5.18. The quantitative estimate of drug-likeness (QED) is 0.162. The molecule has 0 fully saturated rings. The number of methoxy groups -OCH3 is 2. The van der Waals surface area contributed by atoms with E-state index in [2.05, 4.69) is 0 Å². The minimum Gasteiger partial charge on any atom is -0.493 e. The van der Waals surface area contributed by atoms with Crippen LogP contribution in [-0.4, -0.2) is 46.2 Å². The van der Waals surface area contributed by atoms with Gasteiger partial charge in [0, 0.05) is 42.5 Å². The van der Waals surface area contributed by atoms with E-state index in [1.54, 1.807) is 14.2 Å². The molecule has 0 aromatic heterocycles. The van der Waals surface area contributed by atoms with Crippen LogP contribution < -0.4 is 19.1 Å². The van der Waals surface area contributed by atoms with Gasteiger partial charge in [-0.15, -0.1) is 0 Å². The van der Waals surface area contributed by atoms with Gasteiger partial charge in [0.05, 0.1) is 19.9 Å². The monoisotopic (exact) mass is 515 g/mol. The van der Waals surface area contributed by atoms with Gasteiger partial charge in [-0.05, 0) is 48.4 Å². The van der Waals surface area contributed by atoms with E-state index in [-0.39, 0.29) is 12.2 Å². The summed E-state index contributed by atoms with van der Waals surface area (Å²) in [6, 6.07) is 19.8. The average Bonchev–Trinajstić information content (AvgIpc) is 3.22. The zero-order chi connectivity index (χ0) is 26.6. The summed E-state index contributed by atoms with van der Waals surface area (Å²) in [5.74, 6) is 1.65. The number of hydrogen-bond acceptors (Lipinski definition) is 6. The first-order chi connectivity index (χ1) is 18.6. The lowest BCUT2D eigenvalue weighted by Gasteiger charge is -2.23. The molecule has 0 unspecified atom stereocenters. The van der Waals surface area contributed by atoms with E-state index >= 15 is 0 Å². The van der Waals surface area contributed by atoms with Crippen LogP contribution in [0.4, 0.5) is 5.69 Å². The molecule has 0 radical (unpaired) electrons. The van der Waals surface area contributed by atoms with Crippen molar-refractivity contribution in [1.29, 1.82) is 0 Å². The van der Waals surface area contributed by atoms with Crippen molar-refractivity contribution < 1.29 is 28.5 Å². The van der Waals surface area contributed by atoms with Crippen LogP contribution in [0.1, 0.15) is 36.2 Å². The van der Waals surface area contributed by atoms with Crippen LogP contribution in [0.25, 0.3) is 21.5 Å². The third kappa shape index (κ3) is 4.64. The van der Waals surface area contributed by atoms with Crippen LogP contribution in [0.2, 0.25) is 0 Å². The van der Waals surface area contributed by atoms with Gasteiger partial charge in [0.25, 0.3) is 5.91 Å². The first kappa shape index (κ1) is 25.8. The van der Waals surface area contributed by atoms with E-state index in [1.807, 2.05) is 79.4 Å². The largest absolute Gasteiger partial charge is 0.493 e. The number of benzene rings is 4. The molecule has 0 bridgehead atoms. The molecule has 4 aromatic carbocycles. The predicted octanol–water partition coefficient (Wildman–Crippen LogP) is 6.34. The van der Waals surface area contributed by atoms with Crippen molar-refractivity contribution in [2.45, 2.75) is 33.2 Å². The van der Waals surface area contributed by atoms with E-state index in [1.165, 1.54) is 0 Å². The van der Waals surface area contributed by atoms with Crippen molar-refractivity contribution >= 4 is 33.1 Å². The Hall–Kier alpha value is -3.81. The number of ether oxygens (including phenoxy) is 5. The van der Waals surface area contributed by atoms with Gasteiger partial charge in [0.2, 0.25) is 5.75 Å². The lowest BCUT2D eigenvalue weighted by atomic mass is 9.97. The summed E-state index contributed by atoms with van der Waals surface area (Å²) in [6.07, 6.45) is 0.210. The highest BCUT2D eigenvalue weighted by atomic mass is 16.7. The molecule has 1 heterocycles. The van der Waals surface area contributed by atoms with Crippen molar-refractivity contribution in [2.75, 3.05) is 38.9 Å². The first-order valence-corrected chi connectivity index (χ1v) is 13.0. The van der Waals surface area contributed by atoms with Crippen molar-refractivity contribution in [3.8, 4) is 17.2 Å². The lowest BCUT2D eigenvalue weighted by molar-refractivity contribution is -0.137. The van der Waals surface area contributed by atoms with Gasteiger partial charge in [-0.2, -0.15) is 0 Å². The Morgan fingerprint density at radius 2 is 1.61 bits per heavy atom. The molecule has 4 aromatic rings. The third-order valence-electron chi connectivity index (χ3n) is 6.82. The second kappa shape index (κ2) is 11.3. The van der Waals surface area contributed by atoms with Crippen molar-refractivity contribution in [1.82, 2.24) is 0 Å². The highest BCUT2D eigenvalue weighted by Crippen LogP contribution is 2.50. The number of carbonyl (C=O) groups is 1. The van der Waals surface area contributed by atoms with Gasteiger partial charge in [-0.1, -0.05) is 42.5 Å². The van der Waals surface area contributed by atoms with Gasteiger partial charge < -0.3 is 28.6 Å². The SMILES string of the molecule is CCOC(CCN1C(=O)c2cccc3c2c1cc1cc(OC)c(OCc2ccccc2)c(OC)c13)OCC. The molecule has 1 aliphatic rings. The minimum atomic E-state index is -0.359. The molecule has 7 nitrogen and oxygen atoms in total. The maximum Gasteiger partial charge on any atom is 0.259 e. The molecule has 0 saturated heterocycles. The molecule has 0 saturated carbocycles. The smallest absolute Gasteiger partial charge is 0.259 e. The van der Waals surface area contributed by atoms with Crippen LogP contribution >= 0.6 is 0 Å². The number of fused-ring (bicyclic) bond motifs is 2. The number of amides is 1. The van der Waals surface area contributed by atoms with E-state index in [9.17, 15) is 4.79 Å². The average molecular weight is 516 g/mol. The summed E-state index contributed by atoms with van der Waals surface area (Å²) in [5, 5.41) is 3.62. The summed E-state index contributed by atoms with van der Waals surface area (Å²) in [6.45, 7) is 5.82. The summed E-state index contributed by atoms with van der Waals surface area (Å²) < 4.78 is 29.4.